The Morgan fingerprint density at radius 2 is 2.19 bits per heavy atom. The number of hydrogen-bond acceptors (Lipinski definition) is 3. The van der Waals surface area contributed by atoms with Gasteiger partial charge in [-0.25, -0.2) is 4.79 Å². The van der Waals surface area contributed by atoms with Gasteiger partial charge in [-0.05, 0) is 40.6 Å². The molecule has 0 spiro atoms. The molecule has 0 heterocycles. The zero-order chi connectivity index (χ0) is 12.3. The molecule has 0 saturated heterocycles. The molecule has 0 saturated carbocycles. The number of halogens is 1. The van der Waals surface area contributed by atoms with Crippen molar-refractivity contribution in [2.45, 2.75) is 6.92 Å². The lowest BCUT2D eigenvalue weighted by atomic mass is 10.1. The first-order valence-corrected chi connectivity index (χ1v) is 5.06. The quantitative estimate of drug-likeness (QED) is 0.526. The average Bonchev–Trinajstić information content (AvgIpc) is 2.20. The van der Waals surface area contributed by atoms with Crippen molar-refractivity contribution in [2.75, 3.05) is 0 Å². The highest BCUT2D eigenvalue weighted by Gasteiger charge is 2.11. The summed E-state index contributed by atoms with van der Waals surface area (Å²) < 4.78 is 0.364. The third-order valence-corrected chi connectivity index (χ3v) is 2.56. The summed E-state index contributed by atoms with van der Waals surface area (Å²) >= 11 is 3.05. The van der Waals surface area contributed by atoms with Gasteiger partial charge in [0, 0.05) is 11.6 Å². The molecule has 0 fully saturated rings. The van der Waals surface area contributed by atoms with E-state index in [4.69, 9.17) is 5.11 Å². The number of carbonyl (C=O) groups is 1. The third kappa shape index (κ3) is 2.90. The first kappa shape index (κ1) is 12.4. The van der Waals surface area contributed by atoms with E-state index < -0.39 is 10.9 Å². The van der Waals surface area contributed by atoms with E-state index in [1.54, 1.807) is 6.07 Å². The van der Waals surface area contributed by atoms with Crippen molar-refractivity contribution in [1.29, 1.82) is 0 Å². The summed E-state index contributed by atoms with van der Waals surface area (Å²) in [6.45, 7) is 1.43. The highest BCUT2D eigenvalue weighted by molar-refractivity contribution is 9.10. The zero-order valence-electron chi connectivity index (χ0n) is 8.31. The minimum Gasteiger partial charge on any atom is -0.478 e. The Labute approximate surface area is 99.7 Å². The van der Waals surface area contributed by atoms with Crippen molar-refractivity contribution in [3.63, 3.8) is 0 Å². The number of hydrogen-bond donors (Lipinski definition) is 1. The van der Waals surface area contributed by atoms with Gasteiger partial charge in [-0.3, -0.25) is 10.1 Å². The number of nitro benzene ring substituents is 1. The number of aliphatic carboxylic acids is 1. The molecule has 1 aromatic carbocycles. The zero-order valence-corrected chi connectivity index (χ0v) is 9.89. The van der Waals surface area contributed by atoms with Crippen molar-refractivity contribution < 1.29 is 14.8 Å². The molecule has 0 aliphatic rings. The van der Waals surface area contributed by atoms with Crippen molar-refractivity contribution in [3.8, 4) is 0 Å². The van der Waals surface area contributed by atoms with Gasteiger partial charge >= 0.3 is 5.97 Å². The van der Waals surface area contributed by atoms with E-state index in [-0.39, 0.29) is 11.3 Å². The molecule has 16 heavy (non-hydrogen) atoms. The van der Waals surface area contributed by atoms with Crippen molar-refractivity contribution >= 4 is 33.7 Å². The molecule has 0 amide bonds. The van der Waals surface area contributed by atoms with Crippen molar-refractivity contribution in [1.82, 2.24) is 0 Å². The van der Waals surface area contributed by atoms with Gasteiger partial charge in [-0.1, -0.05) is 6.07 Å². The number of nitrogens with zero attached hydrogens (tertiary/aromatic N) is 1. The maximum absolute atomic E-state index is 10.6. The van der Waals surface area contributed by atoms with E-state index in [0.29, 0.717) is 10.0 Å². The molecule has 0 aromatic heterocycles. The second-order valence-corrected chi connectivity index (χ2v) is 3.95. The number of benzene rings is 1. The molecular formula is C10H8BrNO4. The van der Waals surface area contributed by atoms with Crippen LogP contribution in [0.5, 0.6) is 0 Å². The van der Waals surface area contributed by atoms with Crippen LogP contribution in [-0.2, 0) is 4.79 Å². The SMILES string of the molecule is CC(=Cc1ccc(Br)c([N+](=O)[O-])c1)C(=O)O. The van der Waals surface area contributed by atoms with E-state index in [1.807, 2.05) is 0 Å². The fourth-order valence-electron chi connectivity index (χ4n) is 1.07. The Morgan fingerprint density at radius 3 is 2.69 bits per heavy atom. The predicted molar refractivity (Wildman–Crippen MR) is 62.1 cm³/mol. The summed E-state index contributed by atoms with van der Waals surface area (Å²) in [5.74, 6) is -1.05. The molecule has 1 N–H and O–H groups in total. The Kier molecular flexibility index (Phi) is 3.78. The van der Waals surface area contributed by atoms with Crippen LogP contribution in [0.25, 0.3) is 6.08 Å². The first-order chi connectivity index (χ1) is 7.41. The summed E-state index contributed by atoms with van der Waals surface area (Å²) in [6.07, 6.45) is 1.38. The Balaban J connectivity index is 3.18. The minimum absolute atomic E-state index is 0.0908. The van der Waals surface area contributed by atoms with Crippen LogP contribution in [0.3, 0.4) is 0 Å². The van der Waals surface area contributed by atoms with E-state index in [1.165, 1.54) is 25.1 Å². The second-order valence-electron chi connectivity index (χ2n) is 3.10. The maximum Gasteiger partial charge on any atom is 0.331 e. The van der Waals surface area contributed by atoms with Crippen LogP contribution in [0.2, 0.25) is 0 Å². The molecule has 5 nitrogen and oxygen atoms in total. The lowest BCUT2D eigenvalue weighted by Gasteiger charge is -1.98. The monoisotopic (exact) mass is 285 g/mol. The lowest BCUT2D eigenvalue weighted by Crippen LogP contribution is -1.96. The molecule has 1 rings (SSSR count). The topological polar surface area (TPSA) is 80.4 Å². The van der Waals surface area contributed by atoms with Crippen LogP contribution >= 0.6 is 15.9 Å². The summed E-state index contributed by atoms with van der Waals surface area (Å²) in [4.78, 5) is 20.7. The van der Waals surface area contributed by atoms with Gasteiger partial charge in [0.15, 0.2) is 0 Å². The smallest absolute Gasteiger partial charge is 0.331 e. The van der Waals surface area contributed by atoms with Gasteiger partial charge in [0.25, 0.3) is 5.69 Å². The maximum atomic E-state index is 10.6. The summed E-state index contributed by atoms with van der Waals surface area (Å²) in [6, 6.07) is 4.43. The molecule has 0 aliphatic carbocycles. The highest BCUT2D eigenvalue weighted by atomic mass is 79.9. The number of carboxylic acids is 1. The van der Waals surface area contributed by atoms with Gasteiger partial charge in [0.2, 0.25) is 0 Å². The third-order valence-electron chi connectivity index (χ3n) is 1.89. The first-order valence-electron chi connectivity index (χ1n) is 4.27. The van der Waals surface area contributed by atoms with Crippen LogP contribution in [0.15, 0.2) is 28.2 Å². The van der Waals surface area contributed by atoms with E-state index in [0.717, 1.165) is 0 Å². The van der Waals surface area contributed by atoms with Crippen molar-refractivity contribution in [3.05, 3.63) is 43.9 Å². The molecule has 0 radical (unpaired) electrons. The largest absolute Gasteiger partial charge is 0.478 e. The highest BCUT2D eigenvalue weighted by Crippen LogP contribution is 2.26. The average molecular weight is 286 g/mol. The number of rotatable bonds is 3. The van der Waals surface area contributed by atoms with Gasteiger partial charge in [0.05, 0.1) is 9.40 Å². The van der Waals surface area contributed by atoms with Gasteiger partial charge in [-0.15, -0.1) is 0 Å². The standard InChI is InChI=1S/C10H8BrNO4/c1-6(10(13)14)4-7-2-3-8(11)9(5-7)12(15)16/h2-5H,1H3,(H,13,14). The van der Waals surface area contributed by atoms with Crippen molar-refractivity contribution in [2.24, 2.45) is 0 Å². The molecule has 0 aliphatic heterocycles. The normalized spacial score (nSPS) is 11.2. The number of carboxylic acid groups (broad SMARTS) is 1. The van der Waals surface area contributed by atoms with Gasteiger partial charge in [-0.2, -0.15) is 0 Å². The number of nitro groups is 1. The molecular weight excluding hydrogens is 278 g/mol. The van der Waals surface area contributed by atoms with Crippen LogP contribution < -0.4 is 0 Å². The van der Waals surface area contributed by atoms with E-state index in [2.05, 4.69) is 15.9 Å². The fourth-order valence-corrected chi connectivity index (χ4v) is 1.46. The molecule has 0 unspecified atom stereocenters. The Morgan fingerprint density at radius 1 is 1.56 bits per heavy atom. The van der Waals surface area contributed by atoms with Crippen LogP contribution in [0, 0.1) is 10.1 Å². The molecule has 0 atom stereocenters. The van der Waals surface area contributed by atoms with E-state index >= 15 is 0 Å². The minimum atomic E-state index is -1.05. The van der Waals surface area contributed by atoms with E-state index in [9.17, 15) is 14.9 Å². The Hall–Kier alpha value is -1.69. The summed E-state index contributed by atoms with van der Waals surface area (Å²) in [5.41, 5.74) is 0.512. The molecule has 6 heteroatoms. The fraction of sp³-hybridized carbons (Fsp3) is 0.100. The Bertz CT molecular complexity index is 482. The van der Waals surface area contributed by atoms with Crippen LogP contribution in [0.1, 0.15) is 12.5 Å². The van der Waals surface area contributed by atoms with Crippen LogP contribution in [-0.4, -0.2) is 16.0 Å². The predicted octanol–water partition coefficient (Wildman–Crippen LogP) is 2.85. The molecule has 84 valence electrons. The summed E-state index contributed by atoms with van der Waals surface area (Å²) in [5, 5.41) is 19.3. The van der Waals surface area contributed by atoms with Gasteiger partial charge in [0.1, 0.15) is 0 Å². The molecule has 0 bridgehead atoms. The molecule has 1 aromatic rings. The van der Waals surface area contributed by atoms with Crippen LogP contribution in [0.4, 0.5) is 5.69 Å². The lowest BCUT2D eigenvalue weighted by molar-refractivity contribution is -0.385. The summed E-state index contributed by atoms with van der Waals surface area (Å²) in [7, 11) is 0. The van der Waals surface area contributed by atoms with Gasteiger partial charge < -0.3 is 5.11 Å². The second kappa shape index (κ2) is 4.89.